The van der Waals surface area contributed by atoms with E-state index in [9.17, 15) is 14.0 Å². The van der Waals surface area contributed by atoms with Crippen LogP contribution in [0.15, 0.2) is 29.6 Å². The largest absolute Gasteiger partial charge is 0.451 e. The van der Waals surface area contributed by atoms with E-state index in [4.69, 9.17) is 4.74 Å². The summed E-state index contributed by atoms with van der Waals surface area (Å²) in [4.78, 5) is 28.3. The number of rotatable bonds is 5. The summed E-state index contributed by atoms with van der Waals surface area (Å²) >= 11 is 1.26. The van der Waals surface area contributed by atoms with Crippen molar-refractivity contribution in [1.29, 1.82) is 0 Å². The summed E-state index contributed by atoms with van der Waals surface area (Å²) in [5.41, 5.74) is 0.868. The van der Waals surface area contributed by atoms with Crippen molar-refractivity contribution in [3.05, 3.63) is 41.2 Å². The second-order valence-corrected chi connectivity index (χ2v) is 7.41. The van der Waals surface area contributed by atoms with Gasteiger partial charge in [0.1, 0.15) is 10.8 Å². The Kier molecular flexibility index (Phi) is 5.98. The summed E-state index contributed by atoms with van der Waals surface area (Å²) in [7, 11) is 0. The van der Waals surface area contributed by atoms with Crippen molar-refractivity contribution in [3.8, 4) is 10.6 Å². The quantitative estimate of drug-likeness (QED) is 0.806. The summed E-state index contributed by atoms with van der Waals surface area (Å²) in [6, 6.07) is 6.03. The van der Waals surface area contributed by atoms with Gasteiger partial charge in [0.25, 0.3) is 5.91 Å². The van der Waals surface area contributed by atoms with Crippen LogP contribution >= 0.6 is 11.3 Å². The van der Waals surface area contributed by atoms with Gasteiger partial charge in [0.05, 0.1) is 0 Å². The van der Waals surface area contributed by atoms with Gasteiger partial charge in [-0.15, -0.1) is 11.3 Å². The number of nitrogens with zero attached hydrogens (tertiary/aromatic N) is 1. The minimum Gasteiger partial charge on any atom is -0.451 e. The number of carbonyl (C=O) groups is 2. The second kappa shape index (κ2) is 8.40. The Balaban J connectivity index is 1.52. The Bertz CT molecular complexity index is 775. The number of carbonyl (C=O) groups excluding carboxylic acids is 2. The first-order valence-corrected chi connectivity index (χ1v) is 9.59. The van der Waals surface area contributed by atoms with Crippen LogP contribution in [0.2, 0.25) is 0 Å². The number of aromatic nitrogens is 1. The van der Waals surface area contributed by atoms with Gasteiger partial charge in [-0.3, -0.25) is 4.79 Å². The zero-order chi connectivity index (χ0) is 18.5. The molecule has 5 nitrogen and oxygen atoms in total. The van der Waals surface area contributed by atoms with Crippen LogP contribution in [0.5, 0.6) is 0 Å². The van der Waals surface area contributed by atoms with E-state index < -0.39 is 5.97 Å². The van der Waals surface area contributed by atoms with Crippen LogP contribution in [0.1, 0.15) is 43.1 Å². The fourth-order valence-corrected chi connectivity index (χ4v) is 3.87. The zero-order valence-corrected chi connectivity index (χ0v) is 15.4. The average Bonchev–Trinajstić information content (AvgIpc) is 3.12. The van der Waals surface area contributed by atoms with E-state index in [0.29, 0.717) is 10.9 Å². The molecule has 1 N–H and O–H groups in total. The molecule has 1 aliphatic carbocycles. The number of hydrogen-bond acceptors (Lipinski definition) is 5. The molecule has 138 valence electrons. The molecule has 26 heavy (non-hydrogen) atoms. The molecule has 0 radical (unpaired) electrons. The molecule has 0 unspecified atom stereocenters. The van der Waals surface area contributed by atoms with Gasteiger partial charge in [0.2, 0.25) is 0 Å². The maximum absolute atomic E-state index is 13.0. The van der Waals surface area contributed by atoms with Crippen molar-refractivity contribution >= 4 is 23.2 Å². The lowest BCUT2D eigenvalue weighted by molar-refractivity contribution is -0.125. The highest BCUT2D eigenvalue weighted by Gasteiger charge is 2.23. The topological polar surface area (TPSA) is 68.3 Å². The van der Waals surface area contributed by atoms with Gasteiger partial charge in [-0.05, 0) is 43.0 Å². The van der Waals surface area contributed by atoms with Crippen LogP contribution in [0.4, 0.5) is 4.39 Å². The molecular weight excluding hydrogens is 355 g/mol. The van der Waals surface area contributed by atoms with E-state index in [2.05, 4.69) is 17.2 Å². The van der Waals surface area contributed by atoms with Crippen LogP contribution in [-0.2, 0) is 9.53 Å². The Morgan fingerprint density at radius 3 is 2.73 bits per heavy atom. The third kappa shape index (κ3) is 4.66. The van der Waals surface area contributed by atoms with Gasteiger partial charge in [-0.1, -0.05) is 19.8 Å². The summed E-state index contributed by atoms with van der Waals surface area (Å²) in [5.74, 6) is -0.809. The van der Waals surface area contributed by atoms with Crippen LogP contribution in [-0.4, -0.2) is 29.5 Å². The van der Waals surface area contributed by atoms with Gasteiger partial charge in [-0.2, -0.15) is 0 Å². The maximum Gasteiger partial charge on any atom is 0.358 e. The van der Waals surface area contributed by atoms with Crippen LogP contribution in [0.25, 0.3) is 10.6 Å². The average molecular weight is 376 g/mol. The molecule has 1 aromatic carbocycles. The van der Waals surface area contributed by atoms with Crippen LogP contribution < -0.4 is 5.32 Å². The molecule has 1 saturated carbocycles. The van der Waals surface area contributed by atoms with Crippen molar-refractivity contribution in [1.82, 2.24) is 10.3 Å². The first-order valence-electron chi connectivity index (χ1n) is 8.71. The predicted octanol–water partition coefficient (Wildman–Crippen LogP) is 3.80. The van der Waals surface area contributed by atoms with E-state index in [1.807, 2.05) is 0 Å². The van der Waals surface area contributed by atoms with Gasteiger partial charge < -0.3 is 10.1 Å². The Labute approximate surface area is 155 Å². The highest BCUT2D eigenvalue weighted by molar-refractivity contribution is 7.13. The molecule has 1 fully saturated rings. The molecule has 0 spiro atoms. The van der Waals surface area contributed by atoms with Gasteiger partial charge >= 0.3 is 5.97 Å². The first kappa shape index (κ1) is 18.5. The van der Waals surface area contributed by atoms with E-state index >= 15 is 0 Å². The zero-order valence-electron chi connectivity index (χ0n) is 14.5. The molecule has 1 heterocycles. The summed E-state index contributed by atoms with van der Waals surface area (Å²) in [6.07, 6.45) is 4.38. The number of esters is 1. The molecule has 0 bridgehead atoms. The Morgan fingerprint density at radius 2 is 2.00 bits per heavy atom. The monoisotopic (exact) mass is 376 g/mol. The minimum atomic E-state index is -0.638. The lowest BCUT2D eigenvalue weighted by Gasteiger charge is -2.29. The van der Waals surface area contributed by atoms with Crippen LogP contribution in [0, 0.1) is 11.7 Å². The number of benzene rings is 1. The highest BCUT2D eigenvalue weighted by Crippen LogP contribution is 2.25. The fourth-order valence-electron chi connectivity index (χ4n) is 3.08. The lowest BCUT2D eigenvalue weighted by atomic mass is 9.86. The second-order valence-electron chi connectivity index (χ2n) is 6.56. The number of ether oxygens (including phenoxy) is 1. The van der Waals surface area contributed by atoms with Crippen molar-refractivity contribution < 1.29 is 18.7 Å². The molecule has 1 amide bonds. The minimum absolute atomic E-state index is 0.146. The Morgan fingerprint density at radius 1 is 1.27 bits per heavy atom. The molecule has 7 heteroatoms. The van der Waals surface area contributed by atoms with Crippen molar-refractivity contribution in [2.75, 3.05) is 6.61 Å². The Hall–Kier alpha value is -2.28. The highest BCUT2D eigenvalue weighted by atomic mass is 32.1. The molecule has 1 aromatic heterocycles. The van der Waals surface area contributed by atoms with Gasteiger partial charge in [0, 0.05) is 17.0 Å². The maximum atomic E-state index is 13.0. The first-order chi connectivity index (χ1) is 12.5. The molecule has 2 aromatic rings. The molecular formula is C19H21FN2O3S. The molecule has 0 saturated heterocycles. The SMILES string of the molecule is C[C@H]1CCCC[C@@H]1NC(=O)COC(=O)c1csc(-c2ccc(F)cc2)n1. The predicted molar refractivity (Wildman–Crippen MR) is 97.4 cm³/mol. The number of thiazole rings is 1. The molecule has 3 rings (SSSR count). The number of amides is 1. The fraction of sp³-hybridized carbons (Fsp3) is 0.421. The van der Waals surface area contributed by atoms with E-state index in [1.54, 1.807) is 17.5 Å². The smallest absolute Gasteiger partial charge is 0.358 e. The van der Waals surface area contributed by atoms with E-state index in [0.717, 1.165) is 24.8 Å². The molecule has 2 atom stereocenters. The van der Waals surface area contributed by atoms with Crippen LogP contribution in [0.3, 0.4) is 0 Å². The number of hydrogen-bond donors (Lipinski definition) is 1. The van der Waals surface area contributed by atoms with Gasteiger partial charge in [-0.25, -0.2) is 14.2 Å². The van der Waals surface area contributed by atoms with Crippen molar-refractivity contribution in [3.63, 3.8) is 0 Å². The number of nitrogens with one attached hydrogen (secondary N) is 1. The van der Waals surface area contributed by atoms with Crippen molar-refractivity contribution in [2.45, 2.75) is 38.6 Å². The van der Waals surface area contributed by atoms with Crippen molar-refractivity contribution in [2.24, 2.45) is 5.92 Å². The molecule has 1 aliphatic rings. The standard InChI is InChI=1S/C19H21FN2O3S/c1-12-4-2-3-5-15(12)21-17(23)10-25-19(24)16-11-26-18(22-16)13-6-8-14(20)9-7-13/h6-9,11-12,15H,2-5,10H2,1H3,(H,21,23)/t12-,15-/m0/s1. The summed E-state index contributed by atoms with van der Waals surface area (Å²) in [5, 5.41) is 5.11. The van der Waals surface area contributed by atoms with E-state index in [1.165, 1.54) is 29.9 Å². The molecule has 0 aliphatic heterocycles. The summed E-state index contributed by atoms with van der Waals surface area (Å²) in [6.45, 7) is 1.81. The third-order valence-electron chi connectivity index (χ3n) is 4.60. The normalized spacial score (nSPS) is 19.8. The summed E-state index contributed by atoms with van der Waals surface area (Å²) < 4.78 is 18.0. The third-order valence-corrected chi connectivity index (χ3v) is 5.49. The lowest BCUT2D eigenvalue weighted by Crippen LogP contribution is -2.42. The van der Waals surface area contributed by atoms with E-state index in [-0.39, 0.29) is 30.1 Å². The van der Waals surface area contributed by atoms with Gasteiger partial charge in [0.15, 0.2) is 12.3 Å². The number of halogens is 1.